The quantitative estimate of drug-likeness (QED) is 0.852. The van der Waals surface area contributed by atoms with Gasteiger partial charge in [-0.05, 0) is 24.3 Å². The number of ether oxygens (including phenoxy) is 2. The Kier molecular flexibility index (Phi) is 5.01. The highest BCUT2D eigenvalue weighted by atomic mass is 16.5. The Morgan fingerprint density at radius 2 is 2.11 bits per heavy atom. The highest BCUT2D eigenvalue weighted by molar-refractivity contribution is 5.31. The van der Waals surface area contributed by atoms with Gasteiger partial charge in [0, 0.05) is 26.2 Å². The van der Waals surface area contributed by atoms with Crippen molar-refractivity contribution in [3.8, 4) is 17.6 Å². The van der Waals surface area contributed by atoms with Gasteiger partial charge < -0.3 is 14.8 Å². The summed E-state index contributed by atoms with van der Waals surface area (Å²) >= 11 is 0. The van der Waals surface area contributed by atoms with Crippen LogP contribution in [0.25, 0.3) is 0 Å². The molecule has 19 heavy (non-hydrogen) atoms. The summed E-state index contributed by atoms with van der Waals surface area (Å²) in [5.41, 5.74) is 0. The number of benzene rings is 1. The molecule has 1 aliphatic rings. The maximum atomic E-state index is 9.05. The predicted molar refractivity (Wildman–Crippen MR) is 72.3 cm³/mol. The van der Waals surface area contributed by atoms with Gasteiger partial charge in [-0.2, -0.15) is 5.26 Å². The van der Waals surface area contributed by atoms with Crippen molar-refractivity contribution >= 4 is 0 Å². The van der Waals surface area contributed by atoms with Crippen LogP contribution in [0.2, 0.25) is 0 Å². The summed E-state index contributed by atoms with van der Waals surface area (Å²) in [6, 6.07) is 9.78. The number of methoxy groups -OCH3 is 1. The topological polar surface area (TPSA) is 57.5 Å². The highest BCUT2D eigenvalue weighted by Crippen LogP contribution is 2.17. The van der Waals surface area contributed by atoms with Crippen molar-refractivity contribution in [1.29, 1.82) is 5.26 Å². The first-order valence-corrected chi connectivity index (χ1v) is 6.44. The standard InChI is InChI=1S/C14H19N3O2/c1-18-13-2-4-14(5-3-13)19-9-8-17-7-6-16-11-12(17)10-15/h2-5,12,16H,6-9,11H2,1H3. The molecule has 1 aliphatic heterocycles. The predicted octanol–water partition coefficient (Wildman–Crippen LogP) is 0.871. The van der Waals surface area contributed by atoms with Gasteiger partial charge in [-0.15, -0.1) is 0 Å². The van der Waals surface area contributed by atoms with Gasteiger partial charge >= 0.3 is 0 Å². The summed E-state index contributed by atoms with van der Waals surface area (Å²) in [6.45, 7) is 3.92. The largest absolute Gasteiger partial charge is 0.497 e. The molecule has 1 saturated heterocycles. The highest BCUT2D eigenvalue weighted by Gasteiger charge is 2.20. The Morgan fingerprint density at radius 1 is 1.37 bits per heavy atom. The molecule has 1 atom stereocenters. The third kappa shape index (κ3) is 3.85. The van der Waals surface area contributed by atoms with Crippen LogP contribution in [-0.4, -0.2) is 50.8 Å². The minimum Gasteiger partial charge on any atom is -0.497 e. The molecule has 1 unspecified atom stereocenters. The smallest absolute Gasteiger partial charge is 0.119 e. The van der Waals surface area contributed by atoms with Gasteiger partial charge in [0.05, 0.1) is 13.2 Å². The molecule has 2 rings (SSSR count). The Balaban J connectivity index is 1.77. The lowest BCUT2D eigenvalue weighted by Gasteiger charge is -2.31. The van der Waals surface area contributed by atoms with Gasteiger partial charge in [0.25, 0.3) is 0 Å². The Morgan fingerprint density at radius 3 is 2.79 bits per heavy atom. The van der Waals surface area contributed by atoms with Crippen LogP contribution in [-0.2, 0) is 0 Å². The number of rotatable bonds is 5. The first-order valence-electron chi connectivity index (χ1n) is 6.44. The second-order valence-electron chi connectivity index (χ2n) is 4.41. The number of hydrogen-bond acceptors (Lipinski definition) is 5. The summed E-state index contributed by atoms with van der Waals surface area (Å²) in [5, 5.41) is 12.3. The molecule has 1 fully saturated rings. The van der Waals surface area contributed by atoms with Crippen LogP contribution in [0.4, 0.5) is 0 Å². The van der Waals surface area contributed by atoms with E-state index in [4.69, 9.17) is 14.7 Å². The molecule has 0 aliphatic carbocycles. The van der Waals surface area contributed by atoms with Crippen molar-refractivity contribution in [2.45, 2.75) is 6.04 Å². The molecule has 5 nitrogen and oxygen atoms in total. The second kappa shape index (κ2) is 6.98. The molecular formula is C14H19N3O2. The fraction of sp³-hybridized carbons (Fsp3) is 0.500. The van der Waals surface area contributed by atoms with Crippen molar-refractivity contribution < 1.29 is 9.47 Å². The Labute approximate surface area is 113 Å². The molecule has 0 radical (unpaired) electrons. The van der Waals surface area contributed by atoms with Crippen LogP contribution in [0.3, 0.4) is 0 Å². The summed E-state index contributed by atoms with van der Waals surface area (Å²) < 4.78 is 10.8. The third-order valence-corrected chi connectivity index (χ3v) is 3.21. The minimum atomic E-state index is -0.0479. The van der Waals surface area contributed by atoms with Gasteiger partial charge in [-0.3, -0.25) is 4.90 Å². The molecule has 0 amide bonds. The van der Waals surface area contributed by atoms with Crippen LogP contribution in [0, 0.1) is 11.3 Å². The molecule has 1 heterocycles. The number of piperazine rings is 1. The van der Waals surface area contributed by atoms with E-state index in [2.05, 4.69) is 16.3 Å². The van der Waals surface area contributed by atoms with E-state index < -0.39 is 0 Å². The van der Waals surface area contributed by atoms with Gasteiger partial charge in [-0.25, -0.2) is 0 Å². The third-order valence-electron chi connectivity index (χ3n) is 3.21. The molecule has 0 bridgehead atoms. The van der Waals surface area contributed by atoms with E-state index in [1.807, 2.05) is 24.3 Å². The lowest BCUT2D eigenvalue weighted by atomic mass is 10.2. The molecule has 102 valence electrons. The molecule has 0 aromatic heterocycles. The molecule has 0 spiro atoms. The van der Waals surface area contributed by atoms with E-state index in [0.29, 0.717) is 6.61 Å². The molecule has 1 N–H and O–H groups in total. The number of hydrogen-bond donors (Lipinski definition) is 1. The summed E-state index contributed by atoms with van der Waals surface area (Å²) in [4.78, 5) is 2.15. The van der Waals surface area contributed by atoms with Gasteiger partial charge in [0.2, 0.25) is 0 Å². The molecule has 1 aromatic carbocycles. The maximum Gasteiger partial charge on any atom is 0.119 e. The zero-order chi connectivity index (χ0) is 13.5. The van der Waals surface area contributed by atoms with E-state index in [1.54, 1.807) is 7.11 Å². The SMILES string of the molecule is COc1ccc(OCCN2CCNCC2C#N)cc1. The summed E-state index contributed by atoms with van der Waals surface area (Å²) in [5.74, 6) is 1.64. The average molecular weight is 261 g/mol. The van der Waals surface area contributed by atoms with Crippen LogP contribution in [0.1, 0.15) is 0 Å². The first kappa shape index (κ1) is 13.7. The van der Waals surface area contributed by atoms with Gasteiger partial charge in [0.15, 0.2) is 0 Å². The van der Waals surface area contributed by atoms with Crippen molar-refractivity contribution in [3.05, 3.63) is 24.3 Å². The normalized spacial score (nSPS) is 19.7. The van der Waals surface area contributed by atoms with Crippen LogP contribution in [0.15, 0.2) is 24.3 Å². The number of nitrogens with zero attached hydrogens (tertiary/aromatic N) is 2. The van der Waals surface area contributed by atoms with Crippen molar-refractivity contribution in [3.63, 3.8) is 0 Å². The van der Waals surface area contributed by atoms with Crippen LogP contribution >= 0.6 is 0 Å². The fourth-order valence-electron chi connectivity index (χ4n) is 2.09. The van der Waals surface area contributed by atoms with E-state index in [0.717, 1.165) is 37.7 Å². The second-order valence-corrected chi connectivity index (χ2v) is 4.41. The van der Waals surface area contributed by atoms with E-state index >= 15 is 0 Å². The van der Waals surface area contributed by atoms with Crippen molar-refractivity contribution in [2.24, 2.45) is 0 Å². The number of nitriles is 1. The van der Waals surface area contributed by atoms with Crippen molar-refractivity contribution in [1.82, 2.24) is 10.2 Å². The number of nitrogens with one attached hydrogen (secondary N) is 1. The van der Waals surface area contributed by atoms with E-state index in [9.17, 15) is 0 Å². The Bertz CT molecular complexity index is 427. The minimum absolute atomic E-state index is 0.0479. The van der Waals surface area contributed by atoms with Crippen molar-refractivity contribution in [2.75, 3.05) is 39.9 Å². The molecule has 1 aromatic rings. The lowest BCUT2D eigenvalue weighted by Crippen LogP contribution is -2.51. The van der Waals surface area contributed by atoms with Gasteiger partial charge in [0.1, 0.15) is 24.1 Å². The first-order chi connectivity index (χ1) is 9.33. The fourth-order valence-corrected chi connectivity index (χ4v) is 2.09. The Hall–Kier alpha value is -1.77. The lowest BCUT2D eigenvalue weighted by molar-refractivity contribution is 0.161. The summed E-state index contributed by atoms with van der Waals surface area (Å²) in [6.07, 6.45) is 0. The van der Waals surface area contributed by atoms with Gasteiger partial charge in [-0.1, -0.05) is 0 Å². The zero-order valence-corrected chi connectivity index (χ0v) is 11.1. The zero-order valence-electron chi connectivity index (χ0n) is 11.1. The maximum absolute atomic E-state index is 9.05. The monoisotopic (exact) mass is 261 g/mol. The molecule has 5 heteroatoms. The van der Waals surface area contributed by atoms with E-state index in [1.165, 1.54) is 0 Å². The van der Waals surface area contributed by atoms with Crippen LogP contribution in [0.5, 0.6) is 11.5 Å². The summed E-state index contributed by atoms with van der Waals surface area (Å²) in [7, 11) is 1.64. The van der Waals surface area contributed by atoms with E-state index in [-0.39, 0.29) is 6.04 Å². The van der Waals surface area contributed by atoms with Crippen LogP contribution < -0.4 is 14.8 Å². The molecular weight excluding hydrogens is 242 g/mol. The average Bonchev–Trinajstić information content (AvgIpc) is 2.48. The molecule has 0 saturated carbocycles.